The number of nitrogens with zero attached hydrogens (tertiary/aromatic N) is 1. The molecule has 2 unspecified atom stereocenters. The Morgan fingerprint density at radius 2 is 2.05 bits per heavy atom. The Morgan fingerprint density at radius 1 is 1.33 bits per heavy atom. The Bertz CT molecular complexity index is 492. The zero-order valence-electron chi connectivity index (χ0n) is 12.2. The first kappa shape index (κ1) is 15.9. The average molecular weight is 307 g/mol. The quantitative estimate of drug-likeness (QED) is 0.648. The first-order valence-corrected chi connectivity index (χ1v) is 8.28. The van der Waals surface area contributed by atoms with Crippen LogP contribution in [0.15, 0.2) is 35.2 Å². The fraction of sp³-hybridized carbons (Fsp3) is 0.500. The minimum Gasteiger partial charge on any atom is -0.480 e. The van der Waals surface area contributed by atoms with Crippen LogP contribution in [0.4, 0.5) is 0 Å². The van der Waals surface area contributed by atoms with E-state index in [9.17, 15) is 14.7 Å². The molecule has 0 bridgehead atoms. The van der Waals surface area contributed by atoms with E-state index < -0.39 is 12.0 Å². The van der Waals surface area contributed by atoms with E-state index in [4.69, 9.17) is 0 Å². The molecule has 1 amide bonds. The number of rotatable bonds is 6. The molecule has 1 aliphatic rings. The van der Waals surface area contributed by atoms with Crippen LogP contribution in [0, 0.1) is 5.92 Å². The lowest BCUT2D eigenvalue weighted by atomic mass is 10.0. The number of benzene rings is 1. The summed E-state index contributed by atoms with van der Waals surface area (Å²) in [6.45, 7) is 2.47. The monoisotopic (exact) mass is 307 g/mol. The van der Waals surface area contributed by atoms with Gasteiger partial charge < -0.3 is 10.0 Å². The van der Waals surface area contributed by atoms with Crippen molar-refractivity contribution >= 4 is 23.6 Å². The molecule has 1 N–H and O–H groups in total. The normalized spacial score (nSPS) is 21.5. The number of aliphatic carboxylic acids is 1. The molecule has 1 aliphatic heterocycles. The van der Waals surface area contributed by atoms with Gasteiger partial charge in [-0.3, -0.25) is 4.79 Å². The molecule has 1 aromatic carbocycles. The Kier molecular flexibility index (Phi) is 5.67. The Labute approximate surface area is 129 Å². The molecule has 0 aromatic heterocycles. The van der Waals surface area contributed by atoms with Crippen molar-refractivity contribution in [3.63, 3.8) is 0 Å². The molecular formula is C16H21NO3S. The minimum absolute atomic E-state index is 0.0274. The van der Waals surface area contributed by atoms with Crippen LogP contribution in [0.5, 0.6) is 0 Å². The molecule has 1 saturated heterocycles. The van der Waals surface area contributed by atoms with Crippen molar-refractivity contribution in [2.24, 2.45) is 5.92 Å². The second kappa shape index (κ2) is 7.50. The zero-order valence-corrected chi connectivity index (χ0v) is 13.0. The van der Waals surface area contributed by atoms with Crippen LogP contribution in [0.3, 0.4) is 0 Å². The molecule has 0 aliphatic carbocycles. The highest BCUT2D eigenvalue weighted by atomic mass is 32.2. The number of thioether (sulfide) groups is 1. The maximum absolute atomic E-state index is 12.2. The highest BCUT2D eigenvalue weighted by molar-refractivity contribution is 7.99. The molecule has 21 heavy (non-hydrogen) atoms. The Balaban J connectivity index is 1.76. The standard InChI is InChI=1S/C16H21NO3S/c1-12-9-10-17(15(12)16(19)20)14(18)8-5-11-21-13-6-3-2-4-7-13/h2-4,6-7,12,15H,5,8-11H2,1H3,(H,19,20). The predicted molar refractivity (Wildman–Crippen MR) is 83.3 cm³/mol. The van der Waals surface area contributed by atoms with E-state index in [0.29, 0.717) is 13.0 Å². The molecule has 2 rings (SSSR count). The van der Waals surface area contributed by atoms with Gasteiger partial charge >= 0.3 is 5.97 Å². The summed E-state index contributed by atoms with van der Waals surface area (Å²) in [7, 11) is 0. The number of amides is 1. The second-order valence-corrected chi connectivity index (χ2v) is 6.57. The van der Waals surface area contributed by atoms with Crippen molar-refractivity contribution in [1.29, 1.82) is 0 Å². The third-order valence-corrected chi connectivity index (χ3v) is 4.92. The average Bonchev–Trinajstić information content (AvgIpc) is 2.86. The van der Waals surface area contributed by atoms with Gasteiger partial charge in [-0.1, -0.05) is 25.1 Å². The summed E-state index contributed by atoms with van der Waals surface area (Å²) in [5.41, 5.74) is 0. The molecule has 0 spiro atoms. The van der Waals surface area contributed by atoms with Crippen molar-refractivity contribution in [1.82, 2.24) is 4.90 Å². The maximum atomic E-state index is 12.2. The summed E-state index contributed by atoms with van der Waals surface area (Å²) in [6.07, 6.45) is 1.98. The SMILES string of the molecule is CC1CCN(C(=O)CCCSc2ccccc2)C1C(=O)O. The summed E-state index contributed by atoms with van der Waals surface area (Å²) in [5.74, 6) is 0.00854. The smallest absolute Gasteiger partial charge is 0.326 e. The van der Waals surface area contributed by atoms with Crippen molar-refractivity contribution < 1.29 is 14.7 Å². The molecule has 0 radical (unpaired) electrons. The lowest BCUT2D eigenvalue weighted by Crippen LogP contribution is -2.42. The van der Waals surface area contributed by atoms with Crippen molar-refractivity contribution in [2.75, 3.05) is 12.3 Å². The molecule has 5 heteroatoms. The summed E-state index contributed by atoms with van der Waals surface area (Å²) >= 11 is 1.73. The van der Waals surface area contributed by atoms with Crippen LogP contribution >= 0.6 is 11.8 Å². The molecule has 1 fully saturated rings. The van der Waals surface area contributed by atoms with Gasteiger partial charge in [0.1, 0.15) is 6.04 Å². The van der Waals surface area contributed by atoms with Gasteiger partial charge in [-0.2, -0.15) is 0 Å². The number of hydrogen-bond acceptors (Lipinski definition) is 3. The Hall–Kier alpha value is -1.49. The fourth-order valence-electron chi connectivity index (χ4n) is 2.68. The van der Waals surface area contributed by atoms with Gasteiger partial charge in [0.15, 0.2) is 0 Å². The number of carboxylic acids is 1. The van der Waals surface area contributed by atoms with E-state index in [1.807, 2.05) is 25.1 Å². The van der Waals surface area contributed by atoms with Crippen molar-refractivity contribution in [3.05, 3.63) is 30.3 Å². The van der Waals surface area contributed by atoms with Gasteiger partial charge in [-0.15, -0.1) is 11.8 Å². The van der Waals surface area contributed by atoms with Crippen LogP contribution in [0.1, 0.15) is 26.2 Å². The number of carbonyl (C=O) groups excluding carboxylic acids is 1. The van der Waals surface area contributed by atoms with Crippen LogP contribution in [0.2, 0.25) is 0 Å². The Morgan fingerprint density at radius 3 is 2.71 bits per heavy atom. The molecule has 1 aromatic rings. The van der Waals surface area contributed by atoms with Gasteiger partial charge in [0.05, 0.1) is 0 Å². The molecule has 114 valence electrons. The van der Waals surface area contributed by atoms with E-state index >= 15 is 0 Å². The summed E-state index contributed by atoms with van der Waals surface area (Å²) in [4.78, 5) is 26.2. The largest absolute Gasteiger partial charge is 0.480 e. The van der Waals surface area contributed by atoms with Gasteiger partial charge in [-0.25, -0.2) is 4.79 Å². The topological polar surface area (TPSA) is 57.6 Å². The summed E-state index contributed by atoms with van der Waals surface area (Å²) in [5, 5.41) is 9.23. The van der Waals surface area contributed by atoms with Crippen molar-refractivity contribution in [2.45, 2.75) is 37.1 Å². The highest BCUT2D eigenvalue weighted by Gasteiger charge is 2.38. The zero-order chi connectivity index (χ0) is 15.2. The van der Waals surface area contributed by atoms with Crippen LogP contribution in [-0.4, -0.2) is 40.2 Å². The first-order chi connectivity index (χ1) is 10.1. The predicted octanol–water partition coefficient (Wildman–Crippen LogP) is 2.88. The lowest BCUT2D eigenvalue weighted by molar-refractivity contribution is -0.149. The third kappa shape index (κ3) is 4.24. The molecular weight excluding hydrogens is 286 g/mol. The number of likely N-dealkylation sites (tertiary alicyclic amines) is 1. The fourth-order valence-corrected chi connectivity index (χ4v) is 3.55. The maximum Gasteiger partial charge on any atom is 0.326 e. The van der Waals surface area contributed by atoms with E-state index in [1.165, 1.54) is 4.90 Å². The number of hydrogen-bond donors (Lipinski definition) is 1. The van der Waals surface area contributed by atoms with Crippen LogP contribution in [-0.2, 0) is 9.59 Å². The van der Waals surface area contributed by atoms with E-state index in [0.717, 1.165) is 18.6 Å². The van der Waals surface area contributed by atoms with Crippen LogP contribution < -0.4 is 0 Å². The summed E-state index contributed by atoms with van der Waals surface area (Å²) in [6, 6.07) is 9.44. The van der Waals surface area contributed by atoms with Crippen molar-refractivity contribution in [3.8, 4) is 0 Å². The lowest BCUT2D eigenvalue weighted by Gasteiger charge is -2.23. The van der Waals surface area contributed by atoms with Gasteiger partial charge in [0.25, 0.3) is 0 Å². The highest BCUT2D eigenvalue weighted by Crippen LogP contribution is 2.25. The third-order valence-electron chi connectivity index (χ3n) is 3.82. The van der Waals surface area contributed by atoms with Gasteiger partial charge in [-0.05, 0) is 36.6 Å². The number of carbonyl (C=O) groups is 2. The van der Waals surface area contributed by atoms with E-state index in [-0.39, 0.29) is 11.8 Å². The van der Waals surface area contributed by atoms with E-state index in [1.54, 1.807) is 16.7 Å². The molecule has 2 atom stereocenters. The van der Waals surface area contributed by atoms with Gasteiger partial charge in [0, 0.05) is 17.9 Å². The molecule has 0 saturated carbocycles. The van der Waals surface area contributed by atoms with Gasteiger partial charge in [0.2, 0.25) is 5.91 Å². The number of carboxylic acid groups (broad SMARTS) is 1. The van der Waals surface area contributed by atoms with Crippen LogP contribution in [0.25, 0.3) is 0 Å². The van der Waals surface area contributed by atoms with E-state index in [2.05, 4.69) is 12.1 Å². The first-order valence-electron chi connectivity index (χ1n) is 7.29. The molecule has 4 nitrogen and oxygen atoms in total. The minimum atomic E-state index is -0.882. The second-order valence-electron chi connectivity index (χ2n) is 5.40. The summed E-state index contributed by atoms with van der Waals surface area (Å²) < 4.78 is 0. The molecule has 1 heterocycles.